The average molecular weight is 282 g/mol. The van der Waals surface area contributed by atoms with E-state index in [1.807, 2.05) is 18.2 Å². The smallest absolute Gasteiger partial charge is 0.124 e. The van der Waals surface area contributed by atoms with E-state index in [0.29, 0.717) is 6.04 Å². The molecule has 1 aromatic carbocycles. The third-order valence-electron chi connectivity index (χ3n) is 3.97. The van der Waals surface area contributed by atoms with Gasteiger partial charge in [0, 0.05) is 23.2 Å². The van der Waals surface area contributed by atoms with Crippen LogP contribution in [0.2, 0.25) is 5.02 Å². The van der Waals surface area contributed by atoms with Crippen LogP contribution in [0.15, 0.2) is 18.2 Å². The standard InChI is InChI=1S/C16H24ClNO/c1-19-16-11-7-10-15(17)14(16)12-18-13-8-5-3-2-4-6-9-13/h7,10-11,13,18H,2-6,8-9,12H2,1H3. The van der Waals surface area contributed by atoms with E-state index in [-0.39, 0.29) is 0 Å². The van der Waals surface area contributed by atoms with Gasteiger partial charge in [0.15, 0.2) is 0 Å². The summed E-state index contributed by atoms with van der Waals surface area (Å²) in [5, 5.41) is 4.45. The molecule has 2 rings (SSSR count). The van der Waals surface area contributed by atoms with E-state index in [2.05, 4.69) is 5.32 Å². The minimum absolute atomic E-state index is 0.626. The SMILES string of the molecule is COc1cccc(Cl)c1CNC1CCCCCCC1. The number of rotatable bonds is 4. The molecule has 0 atom stereocenters. The van der Waals surface area contributed by atoms with Crippen LogP contribution >= 0.6 is 11.6 Å². The minimum atomic E-state index is 0.626. The monoisotopic (exact) mass is 281 g/mol. The zero-order valence-corrected chi connectivity index (χ0v) is 12.5. The van der Waals surface area contributed by atoms with E-state index in [0.717, 1.165) is 22.9 Å². The average Bonchev–Trinajstić information content (AvgIpc) is 2.38. The molecule has 2 nitrogen and oxygen atoms in total. The van der Waals surface area contributed by atoms with Gasteiger partial charge in [-0.1, -0.05) is 49.8 Å². The quantitative estimate of drug-likeness (QED) is 0.874. The number of ether oxygens (including phenoxy) is 1. The molecule has 1 saturated carbocycles. The second kappa shape index (κ2) is 7.76. The fourth-order valence-corrected chi connectivity index (χ4v) is 3.04. The molecule has 1 fully saturated rings. The first kappa shape index (κ1) is 14.7. The van der Waals surface area contributed by atoms with Crippen molar-refractivity contribution in [2.24, 2.45) is 0 Å². The van der Waals surface area contributed by atoms with Crippen LogP contribution in [0.3, 0.4) is 0 Å². The molecule has 0 aliphatic heterocycles. The van der Waals surface area contributed by atoms with Crippen molar-refractivity contribution in [2.45, 2.75) is 57.5 Å². The van der Waals surface area contributed by atoms with Crippen LogP contribution in [0, 0.1) is 0 Å². The van der Waals surface area contributed by atoms with Crippen LogP contribution in [0.25, 0.3) is 0 Å². The van der Waals surface area contributed by atoms with E-state index in [9.17, 15) is 0 Å². The molecule has 1 aliphatic rings. The van der Waals surface area contributed by atoms with Gasteiger partial charge in [0.1, 0.15) is 5.75 Å². The van der Waals surface area contributed by atoms with Crippen LogP contribution in [-0.4, -0.2) is 13.2 Å². The predicted octanol–water partition coefficient (Wildman–Crippen LogP) is 4.55. The van der Waals surface area contributed by atoms with Crippen molar-refractivity contribution >= 4 is 11.6 Å². The van der Waals surface area contributed by atoms with Crippen molar-refractivity contribution in [3.05, 3.63) is 28.8 Å². The van der Waals surface area contributed by atoms with Crippen LogP contribution < -0.4 is 10.1 Å². The van der Waals surface area contributed by atoms with E-state index in [4.69, 9.17) is 16.3 Å². The second-order valence-electron chi connectivity index (χ2n) is 5.34. The first-order chi connectivity index (χ1) is 9.31. The zero-order valence-electron chi connectivity index (χ0n) is 11.8. The van der Waals surface area contributed by atoms with Gasteiger partial charge in [-0.25, -0.2) is 0 Å². The Morgan fingerprint density at radius 1 is 1.16 bits per heavy atom. The van der Waals surface area contributed by atoms with Gasteiger partial charge in [-0.2, -0.15) is 0 Å². The molecule has 0 radical (unpaired) electrons. The van der Waals surface area contributed by atoms with Gasteiger partial charge < -0.3 is 10.1 Å². The molecule has 3 heteroatoms. The van der Waals surface area contributed by atoms with Gasteiger partial charge in [0.05, 0.1) is 7.11 Å². The summed E-state index contributed by atoms with van der Waals surface area (Å²) < 4.78 is 5.39. The van der Waals surface area contributed by atoms with Crippen molar-refractivity contribution in [1.29, 1.82) is 0 Å². The van der Waals surface area contributed by atoms with Crippen molar-refractivity contribution in [1.82, 2.24) is 5.32 Å². The third kappa shape index (κ3) is 4.39. The summed E-state index contributed by atoms with van der Waals surface area (Å²) in [6.45, 7) is 0.799. The topological polar surface area (TPSA) is 21.3 Å². The molecule has 1 aromatic rings. The lowest BCUT2D eigenvalue weighted by atomic mass is 9.96. The van der Waals surface area contributed by atoms with Crippen LogP contribution in [0.1, 0.15) is 50.5 Å². The number of halogens is 1. The molecule has 19 heavy (non-hydrogen) atoms. The fraction of sp³-hybridized carbons (Fsp3) is 0.625. The number of nitrogens with one attached hydrogen (secondary N) is 1. The maximum atomic E-state index is 6.26. The highest BCUT2D eigenvalue weighted by Crippen LogP contribution is 2.26. The maximum absolute atomic E-state index is 6.26. The Labute approximate surface area is 121 Å². The minimum Gasteiger partial charge on any atom is -0.496 e. The Bertz CT molecular complexity index is 386. The maximum Gasteiger partial charge on any atom is 0.124 e. The molecule has 0 bridgehead atoms. The van der Waals surface area contributed by atoms with Gasteiger partial charge in [0.2, 0.25) is 0 Å². The summed E-state index contributed by atoms with van der Waals surface area (Å²) in [6.07, 6.45) is 9.43. The number of benzene rings is 1. The van der Waals surface area contributed by atoms with Gasteiger partial charge in [-0.3, -0.25) is 0 Å². The molecule has 0 aromatic heterocycles. The summed E-state index contributed by atoms with van der Waals surface area (Å²) in [4.78, 5) is 0. The lowest BCUT2D eigenvalue weighted by molar-refractivity contribution is 0.378. The van der Waals surface area contributed by atoms with Gasteiger partial charge >= 0.3 is 0 Å². The highest BCUT2D eigenvalue weighted by Gasteiger charge is 2.13. The first-order valence-electron chi connectivity index (χ1n) is 7.36. The Morgan fingerprint density at radius 2 is 1.84 bits per heavy atom. The van der Waals surface area contributed by atoms with Gasteiger partial charge in [-0.15, -0.1) is 0 Å². The van der Waals surface area contributed by atoms with E-state index >= 15 is 0 Å². The largest absolute Gasteiger partial charge is 0.496 e. The molecule has 1 aliphatic carbocycles. The summed E-state index contributed by atoms with van der Waals surface area (Å²) in [5.41, 5.74) is 1.08. The van der Waals surface area contributed by atoms with Gasteiger partial charge in [0.25, 0.3) is 0 Å². The molecular formula is C16H24ClNO. The Balaban J connectivity index is 1.93. The van der Waals surface area contributed by atoms with Gasteiger partial charge in [-0.05, 0) is 25.0 Å². The lowest BCUT2D eigenvalue weighted by Gasteiger charge is -2.22. The van der Waals surface area contributed by atoms with E-state index in [1.165, 1.54) is 44.9 Å². The Hall–Kier alpha value is -0.730. The van der Waals surface area contributed by atoms with E-state index in [1.54, 1.807) is 7.11 Å². The molecule has 0 saturated heterocycles. The highest BCUT2D eigenvalue weighted by molar-refractivity contribution is 6.31. The summed E-state index contributed by atoms with van der Waals surface area (Å²) >= 11 is 6.26. The summed E-state index contributed by atoms with van der Waals surface area (Å²) in [5.74, 6) is 0.880. The summed E-state index contributed by atoms with van der Waals surface area (Å²) in [7, 11) is 1.70. The van der Waals surface area contributed by atoms with Crippen LogP contribution in [-0.2, 0) is 6.54 Å². The summed E-state index contributed by atoms with van der Waals surface area (Å²) in [6, 6.07) is 6.46. The predicted molar refractivity (Wildman–Crippen MR) is 81.0 cm³/mol. The number of hydrogen-bond acceptors (Lipinski definition) is 2. The second-order valence-corrected chi connectivity index (χ2v) is 5.75. The van der Waals surface area contributed by atoms with Crippen molar-refractivity contribution in [3.63, 3.8) is 0 Å². The molecule has 0 amide bonds. The number of methoxy groups -OCH3 is 1. The molecule has 1 N–H and O–H groups in total. The normalized spacial score (nSPS) is 17.8. The number of hydrogen-bond donors (Lipinski definition) is 1. The van der Waals surface area contributed by atoms with Crippen LogP contribution in [0.4, 0.5) is 0 Å². The Morgan fingerprint density at radius 3 is 2.53 bits per heavy atom. The Kier molecular flexibility index (Phi) is 5.99. The highest BCUT2D eigenvalue weighted by atomic mass is 35.5. The van der Waals surface area contributed by atoms with Crippen molar-refractivity contribution in [3.8, 4) is 5.75 Å². The van der Waals surface area contributed by atoms with Crippen molar-refractivity contribution in [2.75, 3.05) is 7.11 Å². The molecule has 0 heterocycles. The fourth-order valence-electron chi connectivity index (χ4n) is 2.81. The lowest BCUT2D eigenvalue weighted by Crippen LogP contribution is -2.29. The zero-order chi connectivity index (χ0) is 13.5. The van der Waals surface area contributed by atoms with E-state index < -0.39 is 0 Å². The molecule has 0 unspecified atom stereocenters. The molecular weight excluding hydrogens is 258 g/mol. The molecule has 0 spiro atoms. The van der Waals surface area contributed by atoms with Crippen LogP contribution in [0.5, 0.6) is 5.75 Å². The molecule has 106 valence electrons. The first-order valence-corrected chi connectivity index (χ1v) is 7.74. The van der Waals surface area contributed by atoms with Crippen molar-refractivity contribution < 1.29 is 4.74 Å². The third-order valence-corrected chi connectivity index (χ3v) is 4.32.